The van der Waals surface area contributed by atoms with Gasteiger partial charge in [0, 0.05) is 6.04 Å². The fourth-order valence-corrected chi connectivity index (χ4v) is 2.13. The number of fused-ring (bicyclic) bond motifs is 1. The average molecular weight is 232 g/mol. The Hall–Kier alpha value is -1.39. The zero-order valence-corrected chi connectivity index (χ0v) is 10.4. The zero-order valence-electron chi connectivity index (χ0n) is 10.4. The fourth-order valence-electron chi connectivity index (χ4n) is 2.13. The smallest absolute Gasteiger partial charge is 0.0931 e. The van der Waals surface area contributed by atoms with Gasteiger partial charge in [-0.25, -0.2) is 4.98 Å². The predicted molar refractivity (Wildman–Crippen MR) is 70.5 cm³/mol. The number of aromatic nitrogens is 2. The first-order valence-electron chi connectivity index (χ1n) is 5.93. The summed E-state index contributed by atoms with van der Waals surface area (Å²) in [6, 6.07) is 6.11. The Kier molecular flexibility index (Phi) is 3.17. The number of hydrogen-bond acceptors (Lipinski definition) is 3. The normalized spacial score (nSPS) is 14.1. The molecule has 1 heterocycles. The number of nitrogens with zero attached hydrogens (tertiary/aromatic N) is 1. The highest BCUT2D eigenvalue weighted by Crippen LogP contribution is 2.34. The maximum atomic E-state index is 6.33. The van der Waals surface area contributed by atoms with Gasteiger partial charge >= 0.3 is 0 Å². The lowest BCUT2D eigenvalue weighted by Gasteiger charge is -2.31. The van der Waals surface area contributed by atoms with Gasteiger partial charge in [-0.05, 0) is 36.1 Å². The summed E-state index contributed by atoms with van der Waals surface area (Å²) >= 11 is 0. The SMILES string of the molecule is CC(C)(CCN)C(N)c1ccc2nc[nH]c2c1. The highest BCUT2D eigenvalue weighted by atomic mass is 14.9. The third kappa shape index (κ3) is 2.33. The molecule has 17 heavy (non-hydrogen) atoms. The van der Waals surface area contributed by atoms with Crippen LogP contribution in [0.5, 0.6) is 0 Å². The van der Waals surface area contributed by atoms with Crippen molar-refractivity contribution in [3.8, 4) is 0 Å². The molecule has 4 heteroatoms. The Morgan fingerprint density at radius 1 is 1.41 bits per heavy atom. The molecule has 92 valence electrons. The van der Waals surface area contributed by atoms with Crippen LogP contribution in [0.2, 0.25) is 0 Å². The topological polar surface area (TPSA) is 80.7 Å². The number of aromatic amines is 1. The molecule has 4 nitrogen and oxygen atoms in total. The predicted octanol–water partition coefficient (Wildman–Crippen LogP) is 1.94. The summed E-state index contributed by atoms with van der Waals surface area (Å²) in [6.45, 7) is 4.97. The van der Waals surface area contributed by atoms with Crippen molar-refractivity contribution in [1.82, 2.24) is 9.97 Å². The molecule has 2 rings (SSSR count). The highest BCUT2D eigenvalue weighted by molar-refractivity contribution is 5.75. The first-order chi connectivity index (χ1) is 8.04. The summed E-state index contributed by atoms with van der Waals surface area (Å²) in [5.74, 6) is 0. The van der Waals surface area contributed by atoms with Gasteiger partial charge in [-0.2, -0.15) is 0 Å². The largest absolute Gasteiger partial charge is 0.345 e. The van der Waals surface area contributed by atoms with Gasteiger partial charge in [-0.1, -0.05) is 19.9 Å². The molecule has 0 aliphatic heterocycles. The van der Waals surface area contributed by atoms with Crippen LogP contribution in [-0.2, 0) is 0 Å². The molecule has 0 amide bonds. The molecule has 1 aromatic carbocycles. The summed E-state index contributed by atoms with van der Waals surface area (Å²) in [7, 11) is 0. The van der Waals surface area contributed by atoms with E-state index in [0.717, 1.165) is 23.0 Å². The molecular formula is C13H20N4. The Morgan fingerprint density at radius 2 is 2.18 bits per heavy atom. The minimum absolute atomic E-state index is 0.00243. The van der Waals surface area contributed by atoms with Crippen molar-refractivity contribution in [3.05, 3.63) is 30.1 Å². The lowest BCUT2D eigenvalue weighted by atomic mass is 9.78. The number of H-pyrrole nitrogens is 1. The van der Waals surface area contributed by atoms with E-state index < -0.39 is 0 Å². The van der Waals surface area contributed by atoms with E-state index in [1.807, 2.05) is 12.1 Å². The van der Waals surface area contributed by atoms with Crippen molar-refractivity contribution >= 4 is 11.0 Å². The van der Waals surface area contributed by atoms with Gasteiger partial charge in [0.15, 0.2) is 0 Å². The molecule has 2 aromatic rings. The van der Waals surface area contributed by atoms with Crippen molar-refractivity contribution in [3.63, 3.8) is 0 Å². The van der Waals surface area contributed by atoms with Crippen molar-refractivity contribution in [1.29, 1.82) is 0 Å². The van der Waals surface area contributed by atoms with E-state index in [1.54, 1.807) is 6.33 Å². The van der Waals surface area contributed by atoms with E-state index in [0.29, 0.717) is 6.54 Å². The van der Waals surface area contributed by atoms with Gasteiger partial charge in [0.2, 0.25) is 0 Å². The molecule has 0 fully saturated rings. The summed E-state index contributed by atoms with van der Waals surface area (Å²) in [6.07, 6.45) is 2.61. The van der Waals surface area contributed by atoms with Crippen molar-refractivity contribution < 1.29 is 0 Å². The van der Waals surface area contributed by atoms with Crippen LogP contribution < -0.4 is 11.5 Å². The van der Waals surface area contributed by atoms with Crippen LogP contribution >= 0.6 is 0 Å². The molecule has 0 bridgehead atoms. The van der Waals surface area contributed by atoms with E-state index in [2.05, 4.69) is 29.9 Å². The summed E-state index contributed by atoms with van der Waals surface area (Å²) in [4.78, 5) is 7.31. The zero-order chi connectivity index (χ0) is 12.5. The molecule has 1 unspecified atom stereocenters. The Balaban J connectivity index is 2.32. The van der Waals surface area contributed by atoms with Crippen molar-refractivity contribution in [2.45, 2.75) is 26.3 Å². The van der Waals surface area contributed by atoms with Gasteiger partial charge in [0.05, 0.1) is 17.4 Å². The quantitative estimate of drug-likeness (QED) is 0.753. The minimum Gasteiger partial charge on any atom is -0.345 e. The summed E-state index contributed by atoms with van der Waals surface area (Å²) < 4.78 is 0. The number of nitrogens with one attached hydrogen (secondary N) is 1. The molecule has 0 radical (unpaired) electrons. The van der Waals surface area contributed by atoms with Crippen LogP contribution in [0.1, 0.15) is 31.9 Å². The standard InChI is InChI=1S/C13H20N4/c1-13(2,5-6-14)12(15)9-3-4-10-11(7-9)17-8-16-10/h3-4,7-8,12H,5-6,14-15H2,1-2H3,(H,16,17). The van der Waals surface area contributed by atoms with E-state index in [9.17, 15) is 0 Å². The number of nitrogens with two attached hydrogens (primary N) is 2. The molecule has 0 saturated heterocycles. The minimum atomic E-state index is -0.0150. The lowest BCUT2D eigenvalue weighted by molar-refractivity contribution is 0.271. The molecule has 1 aromatic heterocycles. The van der Waals surface area contributed by atoms with Crippen LogP contribution in [-0.4, -0.2) is 16.5 Å². The molecule has 0 saturated carbocycles. The average Bonchev–Trinajstić information content (AvgIpc) is 2.74. The van der Waals surface area contributed by atoms with E-state index in [1.165, 1.54) is 0 Å². The second-order valence-electron chi connectivity index (χ2n) is 5.18. The van der Waals surface area contributed by atoms with E-state index in [4.69, 9.17) is 11.5 Å². The van der Waals surface area contributed by atoms with Crippen LogP contribution in [0.4, 0.5) is 0 Å². The number of benzene rings is 1. The summed E-state index contributed by atoms with van der Waals surface area (Å²) in [5, 5.41) is 0. The van der Waals surface area contributed by atoms with Crippen LogP contribution in [0.15, 0.2) is 24.5 Å². The second-order valence-corrected chi connectivity index (χ2v) is 5.18. The number of rotatable bonds is 4. The highest BCUT2D eigenvalue weighted by Gasteiger charge is 2.27. The van der Waals surface area contributed by atoms with Gasteiger partial charge in [-0.15, -0.1) is 0 Å². The maximum absolute atomic E-state index is 6.33. The van der Waals surface area contributed by atoms with Gasteiger partial charge in [0.25, 0.3) is 0 Å². The molecule has 0 aliphatic rings. The van der Waals surface area contributed by atoms with Crippen LogP contribution in [0.25, 0.3) is 11.0 Å². The molecular weight excluding hydrogens is 212 g/mol. The molecule has 0 spiro atoms. The Labute approximate surface area is 101 Å². The molecule has 5 N–H and O–H groups in total. The van der Waals surface area contributed by atoms with Gasteiger partial charge in [-0.3, -0.25) is 0 Å². The third-order valence-electron chi connectivity index (χ3n) is 3.43. The van der Waals surface area contributed by atoms with Crippen molar-refractivity contribution in [2.24, 2.45) is 16.9 Å². The first kappa shape index (κ1) is 12.1. The maximum Gasteiger partial charge on any atom is 0.0931 e. The van der Waals surface area contributed by atoms with E-state index >= 15 is 0 Å². The van der Waals surface area contributed by atoms with E-state index in [-0.39, 0.29) is 11.5 Å². The van der Waals surface area contributed by atoms with Gasteiger partial charge in [0.1, 0.15) is 0 Å². The third-order valence-corrected chi connectivity index (χ3v) is 3.43. The lowest BCUT2D eigenvalue weighted by Crippen LogP contribution is -2.31. The Morgan fingerprint density at radius 3 is 2.88 bits per heavy atom. The van der Waals surface area contributed by atoms with Crippen LogP contribution in [0, 0.1) is 5.41 Å². The first-order valence-corrected chi connectivity index (χ1v) is 5.93. The van der Waals surface area contributed by atoms with Crippen molar-refractivity contribution in [2.75, 3.05) is 6.54 Å². The number of hydrogen-bond donors (Lipinski definition) is 3. The monoisotopic (exact) mass is 232 g/mol. The molecule has 0 aliphatic carbocycles. The Bertz CT molecular complexity index is 501. The fraction of sp³-hybridized carbons (Fsp3) is 0.462. The van der Waals surface area contributed by atoms with Gasteiger partial charge < -0.3 is 16.5 Å². The second kappa shape index (κ2) is 4.47. The van der Waals surface area contributed by atoms with Crippen LogP contribution in [0.3, 0.4) is 0 Å². The molecule has 1 atom stereocenters. The number of imidazole rings is 1. The summed E-state index contributed by atoms with van der Waals surface area (Å²) in [5.41, 5.74) is 15.1.